The van der Waals surface area contributed by atoms with Crippen molar-refractivity contribution in [2.75, 3.05) is 12.8 Å². The number of hydrogen-bond donors (Lipinski definition) is 1. The van der Waals surface area contributed by atoms with Crippen molar-refractivity contribution in [2.45, 2.75) is 37.4 Å². The van der Waals surface area contributed by atoms with Gasteiger partial charge in [0.05, 0.1) is 5.25 Å². The van der Waals surface area contributed by atoms with Crippen LogP contribution in [0, 0.1) is 5.92 Å². The van der Waals surface area contributed by atoms with Crippen molar-refractivity contribution >= 4 is 9.84 Å². The Bertz CT molecular complexity index is 242. The molecule has 1 saturated carbocycles. The Morgan fingerprint density at radius 3 is 2.23 bits per heavy atom. The van der Waals surface area contributed by atoms with E-state index in [1.54, 1.807) is 0 Å². The van der Waals surface area contributed by atoms with Crippen molar-refractivity contribution in [1.29, 1.82) is 0 Å². The van der Waals surface area contributed by atoms with Crippen LogP contribution in [-0.2, 0) is 9.84 Å². The molecule has 0 aliphatic heterocycles. The van der Waals surface area contributed by atoms with Gasteiger partial charge in [-0.15, -0.1) is 0 Å². The van der Waals surface area contributed by atoms with Crippen LogP contribution < -0.4 is 5.73 Å². The second-order valence-electron chi connectivity index (χ2n) is 4.00. The Hall–Kier alpha value is -0.0900. The van der Waals surface area contributed by atoms with Crippen LogP contribution in [0.3, 0.4) is 0 Å². The minimum absolute atomic E-state index is 0.281. The molecule has 1 unspecified atom stereocenters. The van der Waals surface area contributed by atoms with Crippen LogP contribution in [0.15, 0.2) is 0 Å². The summed E-state index contributed by atoms with van der Waals surface area (Å²) in [6.45, 7) is 0.281. The lowest BCUT2D eigenvalue weighted by molar-refractivity contribution is 0.342. The highest BCUT2D eigenvalue weighted by Crippen LogP contribution is 2.28. The van der Waals surface area contributed by atoms with E-state index >= 15 is 0 Å². The third-order valence-corrected chi connectivity index (χ3v) is 4.64. The Balaban J connectivity index is 2.65. The fraction of sp³-hybridized carbons (Fsp3) is 1.00. The van der Waals surface area contributed by atoms with E-state index in [0.29, 0.717) is 5.92 Å². The van der Waals surface area contributed by atoms with Crippen LogP contribution >= 0.6 is 0 Å². The molecule has 0 saturated heterocycles. The van der Waals surface area contributed by atoms with Gasteiger partial charge in [-0.05, 0) is 18.8 Å². The monoisotopic (exact) mass is 205 g/mol. The molecule has 0 spiro atoms. The first kappa shape index (κ1) is 11.0. The van der Waals surface area contributed by atoms with Crippen molar-refractivity contribution in [3.8, 4) is 0 Å². The molecule has 0 aromatic heterocycles. The second-order valence-corrected chi connectivity index (χ2v) is 6.27. The quantitative estimate of drug-likeness (QED) is 0.746. The smallest absolute Gasteiger partial charge is 0.151 e. The summed E-state index contributed by atoms with van der Waals surface area (Å²) in [7, 11) is -2.94. The minimum Gasteiger partial charge on any atom is -0.329 e. The van der Waals surface area contributed by atoms with Gasteiger partial charge in [0.15, 0.2) is 9.84 Å². The zero-order valence-electron chi connectivity index (χ0n) is 8.20. The van der Waals surface area contributed by atoms with E-state index in [-0.39, 0.29) is 11.8 Å². The average molecular weight is 205 g/mol. The molecular weight excluding hydrogens is 186 g/mol. The molecule has 3 nitrogen and oxygen atoms in total. The molecule has 13 heavy (non-hydrogen) atoms. The predicted octanol–water partition coefficient (Wildman–Crippen LogP) is 0.939. The van der Waals surface area contributed by atoms with Gasteiger partial charge in [0.2, 0.25) is 0 Å². The fourth-order valence-electron chi connectivity index (χ4n) is 2.22. The van der Waals surface area contributed by atoms with E-state index in [1.165, 1.54) is 12.7 Å². The van der Waals surface area contributed by atoms with Gasteiger partial charge in [0.25, 0.3) is 0 Å². The maximum atomic E-state index is 11.4. The Kier molecular flexibility index (Phi) is 3.74. The first-order valence-electron chi connectivity index (χ1n) is 4.94. The van der Waals surface area contributed by atoms with Gasteiger partial charge in [-0.3, -0.25) is 0 Å². The predicted molar refractivity (Wildman–Crippen MR) is 54.3 cm³/mol. The summed E-state index contributed by atoms with van der Waals surface area (Å²) in [6.07, 6.45) is 6.95. The third-order valence-electron chi connectivity index (χ3n) is 2.96. The number of rotatable bonds is 3. The van der Waals surface area contributed by atoms with E-state index in [4.69, 9.17) is 5.73 Å². The van der Waals surface area contributed by atoms with E-state index in [0.717, 1.165) is 25.7 Å². The summed E-state index contributed by atoms with van der Waals surface area (Å²) < 4.78 is 22.8. The molecule has 1 aliphatic rings. The maximum absolute atomic E-state index is 11.4. The number of hydrogen-bond acceptors (Lipinski definition) is 3. The van der Waals surface area contributed by atoms with Crippen molar-refractivity contribution in [2.24, 2.45) is 11.7 Å². The minimum atomic E-state index is -2.94. The normalized spacial score (nSPS) is 22.9. The molecule has 0 aromatic rings. The fourth-order valence-corrected chi connectivity index (χ4v) is 3.54. The van der Waals surface area contributed by atoms with Gasteiger partial charge in [-0.2, -0.15) is 0 Å². The molecule has 0 heterocycles. The summed E-state index contributed by atoms with van der Waals surface area (Å²) >= 11 is 0. The summed E-state index contributed by atoms with van der Waals surface area (Å²) in [4.78, 5) is 0. The van der Waals surface area contributed by atoms with Crippen LogP contribution in [0.25, 0.3) is 0 Å². The van der Waals surface area contributed by atoms with Crippen molar-refractivity contribution < 1.29 is 8.42 Å². The topological polar surface area (TPSA) is 60.2 Å². The van der Waals surface area contributed by atoms with Crippen LogP contribution in [-0.4, -0.2) is 26.5 Å². The molecule has 1 atom stereocenters. The molecule has 0 amide bonds. The largest absolute Gasteiger partial charge is 0.329 e. The van der Waals surface area contributed by atoms with Gasteiger partial charge in [0.1, 0.15) is 0 Å². The van der Waals surface area contributed by atoms with Crippen molar-refractivity contribution in [1.82, 2.24) is 0 Å². The zero-order valence-corrected chi connectivity index (χ0v) is 9.02. The molecule has 1 rings (SSSR count). The lowest BCUT2D eigenvalue weighted by Gasteiger charge is -2.27. The van der Waals surface area contributed by atoms with Gasteiger partial charge in [-0.25, -0.2) is 8.42 Å². The average Bonchev–Trinajstić information content (AvgIpc) is 2.05. The van der Waals surface area contributed by atoms with Crippen molar-refractivity contribution in [3.63, 3.8) is 0 Å². The molecule has 1 aliphatic carbocycles. The van der Waals surface area contributed by atoms with Gasteiger partial charge in [0, 0.05) is 12.8 Å². The standard InChI is InChI=1S/C9H19NO2S/c1-13(11,12)9(7-10)8-5-3-2-4-6-8/h8-9H,2-7,10H2,1H3. The van der Waals surface area contributed by atoms with Gasteiger partial charge < -0.3 is 5.73 Å². The molecule has 0 aromatic carbocycles. The van der Waals surface area contributed by atoms with Crippen LogP contribution in [0.1, 0.15) is 32.1 Å². The molecule has 2 N–H and O–H groups in total. The highest BCUT2D eigenvalue weighted by Gasteiger charge is 2.29. The molecule has 0 radical (unpaired) electrons. The Morgan fingerprint density at radius 1 is 1.31 bits per heavy atom. The summed E-state index contributed by atoms with van der Waals surface area (Å²) in [5, 5.41) is -0.298. The van der Waals surface area contributed by atoms with E-state index < -0.39 is 9.84 Å². The summed E-state index contributed by atoms with van der Waals surface area (Å²) in [5.74, 6) is 0.314. The molecule has 78 valence electrons. The highest BCUT2D eigenvalue weighted by molar-refractivity contribution is 7.91. The molecule has 1 fully saturated rings. The number of nitrogens with two attached hydrogens (primary N) is 1. The van der Waals surface area contributed by atoms with Crippen LogP contribution in [0.2, 0.25) is 0 Å². The van der Waals surface area contributed by atoms with E-state index in [2.05, 4.69) is 0 Å². The molecule has 4 heteroatoms. The van der Waals surface area contributed by atoms with Gasteiger partial charge >= 0.3 is 0 Å². The van der Waals surface area contributed by atoms with Crippen molar-refractivity contribution in [3.05, 3.63) is 0 Å². The number of sulfone groups is 1. The van der Waals surface area contributed by atoms with Crippen LogP contribution in [0.4, 0.5) is 0 Å². The highest BCUT2D eigenvalue weighted by atomic mass is 32.2. The Morgan fingerprint density at radius 2 is 1.85 bits per heavy atom. The van der Waals surface area contributed by atoms with E-state index in [9.17, 15) is 8.42 Å². The summed E-state index contributed by atoms with van der Waals surface area (Å²) in [6, 6.07) is 0. The van der Waals surface area contributed by atoms with E-state index in [1.807, 2.05) is 0 Å². The second kappa shape index (κ2) is 4.42. The lowest BCUT2D eigenvalue weighted by Crippen LogP contribution is -2.37. The SMILES string of the molecule is CS(=O)(=O)C(CN)C1CCCCC1. The van der Waals surface area contributed by atoms with Crippen LogP contribution in [0.5, 0.6) is 0 Å². The lowest BCUT2D eigenvalue weighted by atomic mass is 9.87. The summed E-state index contributed by atoms with van der Waals surface area (Å²) in [5.41, 5.74) is 5.51. The first-order chi connectivity index (χ1) is 6.05. The molecular formula is C9H19NO2S. The maximum Gasteiger partial charge on any atom is 0.151 e. The molecule has 0 bridgehead atoms. The zero-order chi connectivity index (χ0) is 9.90. The Labute approximate surface area is 80.6 Å². The first-order valence-corrected chi connectivity index (χ1v) is 6.90. The van der Waals surface area contributed by atoms with Gasteiger partial charge in [-0.1, -0.05) is 19.3 Å². The third kappa shape index (κ3) is 2.95.